The quantitative estimate of drug-likeness (QED) is 0.670. The van der Waals surface area contributed by atoms with Gasteiger partial charge in [0.15, 0.2) is 0 Å². The van der Waals surface area contributed by atoms with Gasteiger partial charge in [0.2, 0.25) is 0 Å². The van der Waals surface area contributed by atoms with Gasteiger partial charge in [0.05, 0.1) is 5.56 Å². The smallest absolute Gasteiger partial charge is 0.336 e. The van der Waals surface area contributed by atoms with E-state index >= 15 is 0 Å². The first-order chi connectivity index (χ1) is 10.1. The van der Waals surface area contributed by atoms with E-state index in [1.807, 2.05) is 24.3 Å². The maximum Gasteiger partial charge on any atom is 0.336 e. The second kappa shape index (κ2) is 4.83. The van der Waals surface area contributed by atoms with Gasteiger partial charge in [0.1, 0.15) is 11.5 Å². The van der Waals surface area contributed by atoms with Gasteiger partial charge in [-0.05, 0) is 29.0 Å². The number of rotatable bonds is 2. The lowest BCUT2D eigenvalue weighted by molar-refractivity contribution is 0.0698. The molecule has 0 amide bonds. The molecule has 0 heterocycles. The highest BCUT2D eigenvalue weighted by Crippen LogP contribution is 2.38. The van der Waals surface area contributed by atoms with Crippen molar-refractivity contribution in [3.05, 3.63) is 60.2 Å². The van der Waals surface area contributed by atoms with Crippen molar-refractivity contribution < 1.29 is 20.1 Å². The zero-order valence-electron chi connectivity index (χ0n) is 10.9. The van der Waals surface area contributed by atoms with Gasteiger partial charge < -0.3 is 15.3 Å². The molecule has 0 fully saturated rings. The summed E-state index contributed by atoms with van der Waals surface area (Å²) in [6.45, 7) is 0. The highest BCUT2D eigenvalue weighted by molar-refractivity contribution is 6.08. The summed E-state index contributed by atoms with van der Waals surface area (Å²) in [5, 5.41) is 30.5. The van der Waals surface area contributed by atoms with E-state index in [1.54, 1.807) is 6.07 Å². The summed E-state index contributed by atoms with van der Waals surface area (Å²) in [7, 11) is 0. The van der Waals surface area contributed by atoms with E-state index in [4.69, 9.17) is 0 Å². The van der Waals surface area contributed by atoms with Crippen molar-refractivity contribution in [2.24, 2.45) is 0 Å². The Bertz CT molecular complexity index is 853. The first-order valence-electron chi connectivity index (χ1n) is 6.35. The molecule has 0 aliphatic rings. The molecule has 0 saturated heterocycles. The summed E-state index contributed by atoms with van der Waals surface area (Å²) in [6.07, 6.45) is 0. The first kappa shape index (κ1) is 13.0. The molecule has 0 spiro atoms. The molecule has 4 nitrogen and oxygen atoms in total. The average Bonchev–Trinajstić information content (AvgIpc) is 2.46. The standard InChI is InChI=1S/C17H12O4/c18-11-6-8-13(15(19)9-11)16-12-4-2-1-3-10(12)5-7-14(16)17(20)21/h1-9,18-19H,(H,20,21). The van der Waals surface area contributed by atoms with Gasteiger partial charge in [-0.2, -0.15) is 0 Å². The van der Waals surface area contributed by atoms with Crippen molar-refractivity contribution in [3.8, 4) is 22.6 Å². The molecule has 0 radical (unpaired) electrons. The summed E-state index contributed by atoms with van der Waals surface area (Å²) in [4.78, 5) is 11.5. The maximum absolute atomic E-state index is 11.5. The van der Waals surface area contributed by atoms with Crippen molar-refractivity contribution in [1.29, 1.82) is 0 Å². The average molecular weight is 280 g/mol. The van der Waals surface area contributed by atoms with E-state index in [0.29, 0.717) is 11.1 Å². The number of carboxylic acid groups (broad SMARTS) is 1. The molecule has 21 heavy (non-hydrogen) atoms. The van der Waals surface area contributed by atoms with Crippen molar-refractivity contribution in [1.82, 2.24) is 0 Å². The van der Waals surface area contributed by atoms with Gasteiger partial charge in [-0.1, -0.05) is 30.3 Å². The molecule has 104 valence electrons. The Balaban J connectivity index is 2.43. The second-order valence-corrected chi connectivity index (χ2v) is 4.72. The number of phenolic OH excluding ortho intramolecular Hbond substituents is 2. The number of carbonyl (C=O) groups is 1. The largest absolute Gasteiger partial charge is 0.508 e. The molecule has 0 aromatic heterocycles. The SMILES string of the molecule is O=C(O)c1ccc2ccccc2c1-c1ccc(O)cc1O. The van der Waals surface area contributed by atoms with Crippen molar-refractivity contribution >= 4 is 16.7 Å². The van der Waals surface area contributed by atoms with E-state index < -0.39 is 5.97 Å². The number of phenols is 2. The zero-order chi connectivity index (χ0) is 15.0. The van der Waals surface area contributed by atoms with E-state index in [2.05, 4.69) is 0 Å². The van der Waals surface area contributed by atoms with E-state index in [9.17, 15) is 20.1 Å². The van der Waals surface area contributed by atoms with Crippen LogP contribution >= 0.6 is 0 Å². The molecule has 3 rings (SSSR count). The lowest BCUT2D eigenvalue weighted by Gasteiger charge is -2.12. The van der Waals surface area contributed by atoms with Crippen LogP contribution in [-0.4, -0.2) is 21.3 Å². The lowest BCUT2D eigenvalue weighted by atomic mass is 9.92. The minimum absolute atomic E-state index is 0.0756. The predicted octanol–water partition coefficient (Wildman–Crippen LogP) is 3.62. The van der Waals surface area contributed by atoms with Crippen LogP contribution in [-0.2, 0) is 0 Å². The summed E-state index contributed by atoms with van der Waals surface area (Å²) in [5.74, 6) is -1.30. The first-order valence-corrected chi connectivity index (χ1v) is 6.35. The summed E-state index contributed by atoms with van der Waals surface area (Å²) in [6, 6.07) is 14.7. The van der Waals surface area contributed by atoms with Crippen LogP contribution in [0.15, 0.2) is 54.6 Å². The van der Waals surface area contributed by atoms with Crippen LogP contribution in [0, 0.1) is 0 Å². The Hall–Kier alpha value is -3.01. The highest BCUT2D eigenvalue weighted by Gasteiger charge is 2.17. The van der Waals surface area contributed by atoms with Crippen LogP contribution in [0.5, 0.6) is 11.5 Å². The third-order valence-electron chi connectivity index (χ3n) is 3.41. The predicted molar refractivity (Wildman–Crippen MR) is 79.7 cm³/mol. The molecule has 4 heteroatoms. The number of aromatic carboxylic acids is 1. The van der Waals surface area contributed by atoms with Crippen LogP contribution in [0.4, 0.5) is 0 Å². The Morgan fingerprint density at radius 3 is 2.38 bits per heavy atom. The van der Waals surface area contributed by atoms with Gasteiger partial charge in [0.25, 0.3) is 0 Å². The number of benzene rings is 3. The number of fused-ring (bicyclic) bond motifs is 1. The molecule has 0 saturated carbocycles. The fourth-order valence-corrected chi connectivity index (χ4v) is 2.47. The summed E-state index contributed by atoms with van der Waals surface area (Å²) >= 11 is 0. The molecule has 3 aromatic rings. The van der Waals surface area contributed by atoms with Gasteiger partial charge in [-0.15, -0.1) is 0 Å². The molecule has 3 N–H and O–H groups in total. The third-order valence-corrected chi connectivity index (χ3v) is 3.41. The topological polar surface area (TPSA) is 77.8 Å². The molecule has 0 aliphatic heterocycles. The van der Waals surface area contributed by atoms with Gasteiger partial charge in [-0.25, -0.2) is 4.79 Å². The number of hydrogen-bond donors (Lipinski definition) is 3. The highest BCUT2D eigenvalue weighted by atomic mass is 16.4. The fourth-order valence-electron chi connectivity index (χ4n) is 2.47. The Morgan fingerprint density at radius 2 is 1.67 bits per heavy atom. The maximum atomic E-state index is 11.5. The Morgan fingerprint density at radius 1 is 0.905 bits per heavy atom. The lowest BCUT2D eigenvalue weighted by Crippen LogP contribution is -2.00. The Labute approximate surface area is 120 Å². The molecular weight excluding hydrogens is 268 g/mol. The normalized spacial score (nSPS) is 10.7. The third kappa shape index (κ3) is 2.17. The number of carboxylic acids is 1. The molecule has 0 unspecified atom stereocenters. The number of hydrogen-bond acceptors (Lipinski definition) is 3. The van der Waals surface area contributed by atoms with Gasteiger partial charge in [-0.3, -0.25) is 0 Å². The van der Waals surface area contributed by atoms with Gasteiger partial charge >= 0.3 is 5.97 Å². The molecule has 3 aromatic carbocycles. The number of aromatic hydroxyl groups is 2. The van der Waals surface area contributed by atoms with Crippen LogP contribution in [0.2, 0.25) is 0 Å². The van der Waals surface area contributed by atoms with Crippen molar-refractivity contribution in [3.63, 3.8) is 0 Å². The molecular formula is C17H12O4. The van der Waals surface area contributed by atoms with Crippen LogP contribution in [0.1, 0.15) is 10.4 Å². The Kier molecular flexibility index (Phi) is 2.99. The minimum atomic E-state index is -1.07. The second-order valence-electron chi connectivity index (χ2n) is 4.72. The van der Waals surface area contributed by atoms with Crippen LogP contribution in [0.25, 0.3) is 21.9 Å². The monoisotopic (exact) mass is 280 g/mol. The van der Waals surface area contributed by atoms with Gasteiger partial charge in [0, 0.05) is 17.2 Å². The van der Waals surface area contributed by atoms with Crippen molar-refractivity contribution in [2.75, 3.05) is 0 Å². The molecule has 0 atom stereocenters. The molecule has 0 bridgehead atoms. The fraction of sp³-hybridized carbons (Fsp3) is 0. The van der Waals surface area contributed by atoms with Crippen LogP contribution in [0.3, 0.4) is 0 Å². The zero-order valence-corrected chi connectivity index (χ0v) is 10.9. The van der Waals surface area contributed by atoms with Crippen LogP contribution < -0.4 is 0 Å². The summed E-state index contributed by atoms with van der Waals surface area (Å²) < 4.78 is 0. The van der Waals surface area contributed by atoms with E-state index in [1.165, 1.54) is 24.3 Å². The van der Waals surface area contributed by atoms with E-state index in [-0.39, 0.29) is 17.1 Å². The molecule has 0 aliphatic carbocycles. The van der Waals surface area contributed by atoms with E-state index in [0.717, 1.165) is 10.8 Å². The summed E-state index contributed by atoms with van der Waals surface area (Å²) in [5.41, 5.74) is 0.926. The van der Waals surface area contributed by atoms with Crippen molar-refractivity contribution in [2.45, 2.75) is 0 Å². The minimum Gasteiger partial charge on any atom is -0.508 e.